The third kappa shape index (κ3) is 4.86. The molecule has 0 aliphatic rings. The van der Waals surface area contributed by atoms with Crippen LogP contribution in [0, 0.1) is 25.5 Å². The highest BCUT2D eigenvalue weighted by molar-refractivity contribution is 5.90. The van der Waals surface area contributed by atoms with Crippen LogP contribution in [-0.2, 0) is 11.2 Å². The highest BCUT2D eigenvalue weighted by Gasteiger charge is 2.11. The van der Waals surface area contributed by atoms with Gasteiger partial charge in [-0.25, -0.2) is 8.78 Å². The topological polar surface area (TPSA) is 61.0 Å². The first-order valence-corrected chi connectivity index (χ1v) is 7.80. The molecule has 0 atom stereocenters. The molecule has 2 rings (SSSR count). The van der Waals surface area contributed by atoms with Crippen LogP contribution in [0.5, 0.6) is 0 Å². The average molecular weight is 336 g/mol. The van der Waals surface area contributed by atoms with E-state index in [-0.39, 0.29) is 18.0 Å². The van der Waals surface area contributed by atoms with Crippen molar-refractivity contribution in [1.82, 2.24) is 15.1 Å². The molecular formula is C17H22F2N4O. The third-order valence-corrected chi connectivity index (χ3v) is 3.95. The number of carbonyl (C=O) groups is 1. The number of hydrogen-bond donors (Lipinski definition) is 2. The smallest absolute Gasteiger partial charge is 0.225 e. The molecule has 130 valence electrons. The van der Waals surface area contributed by atoms with Gasteiger partial charge in [-0.15, -0.1) is 0 Å². The Morgan fingerprint density at radius 1 is 1.29 bits per heavy atom. The van der Waals surface area contributed by atoms with Crippen LogP contribution >= 0.6 is 0 Å². The van der Waals surface area contributed by atoms with Crippen molar-refractivity contribution in [3.05, 3.63) is 46.8 Å². The lowest BCUT2D eigenvalue weighted by Crippen LogP contribution is -2.26. The van der Waals surface area contributed by atoms with Crippen LogP contribution in [0.4, 0.5) is 14.5 Å². The number of likely N-dealkylation sites (N-methyl/N-ethyl adjacent to an activating group) is 1. The largest absolute Gasteiger partial charge is 0.323 e. The summed E-state index contributed by atoms with van der Waals surface area (Å²) >= 11 is 0. The number of aromatic amines is 1. The number of anilines is 1. The van der Waals surface area contributed by atoms with Crippen LogP contribution in [0.1, 0.15) is 23.4 Å². The van der Waals surface area contributed by atoms with Crippen LogP contribution in [0.2, 0.25) is 0 Å². The van der Waals surface area contributed by atoms with E-state index < -0.39 is 11.6 Å². The Morgan fingerprint density at radius 2 is 2.04 bits per heavy atom. The summed E-state index contributed by atoms with van der Waals surface area (Å²) < 4.78 is 26.6. The van der Waals surface area contributed by atoms with Crippen molar-refractivity contribution in [2.24, 2.45) is 0 Å². The van der Waals surface area contributed by atoms with E-state index in [1.165, 1.54) is 5.56 Å². The fourth-order valence-corrected chi connectivity index (χ4v) is 2.46. The molecular weight excluding hydrogens is 314 g/mol. The Labute approximate surface area is 140 Å². The highest BCUT2D eigenvalue weighted by Crippen LogP contribution is 2.15. The van der Waals surface area contributed by atoms with Gasteiger partial charge >= 0.3 is 0 Å². The summed E-state index contributed by atoms with van der Waals surface area (Å²) in [6.07, 6.45) is 1.04. The second kappa shape index (κ2) is 8.01. The normalized spacial score (nSPS) is 11.1. The Balaban J connectivity index is 1.78. The molecule has 5 nitrogen and oxygen atoms in total. The Kier molecular flexibility index (Phi) is 6.03. The number of halogens is 2. The Bertz CT molecular complexity index is 695. The van der Waals surface area contributed by atoms with Gasteiger partial charge in [-0.05, 0) is 45.0 Å². The molecule has 1 aromatic carbocycles. The number of amides is 1. The lowest BCUT2D eigenvalue weighted by molar-refractivity contribution is -0.116. The van der Waals surface area contributed by atoms with Gasteiger partial charge in [-0.1, -0.05) is 0 Å². The minimum Gasteiger partial charge on any atom is -0.323 e. The Hall–Kier alpha value is -2.28. The lowest BCUT2D eigenvalue weighted by Gasteiger charge is -2.16. The van der Waals surface area contributed by atoms with Gasteiger partial charge < -0.3 is 10.2 Å². The molecule has 0 saturated carbocycles. The second-order valence-corrected chi connectivity index (χ2v) is 5.89. The first-order valence-electron chi connectivity index (χ1n) is 7.80. The van der Waals surface area contributed by atoms with Gasteiger partial charge in [0.05, 0.1) is 11.4 Å². The molecule has 0 fully saturated rings. The molecule has 0 spiro atoms. The van der Waals surface area contributed by atoms with Crippen molar-refractivity contribution in [2.45, 2.75) is 26.7 Å². The molecule has 7 heteroatoms. The molecule has 1 heterocycles. The van der Waals surface area contributed by atoms with E-state index in [0.717, 1.165) is 42.6 Å². The maximum atomic E-state index is 13.5. The number of hydrogen-bond acceptors (Lipinski definition) is 3. The molecule has 0 radical (unpaired) electrons. The van der Waals surface area contributed by atoms with Gasteiger partial charge in [0, 0.05) is 31.3 Å². The van der Waals surface area contributed by atoms with Crippen molar-refractivity contribution in [2.75, 3.05) is 25.5 Å². The zero-order valence-electron chi connectivity index (χ0n) is 14.1. The first-order chi connectivity index (χ1) is 11.4. The van der Waals surface area contributed by atoms with E-state index in [2.05, 4.69) is 15.5 Å². The SMILES string of the molecule is Cc1n[nH]c(C)c1CCN(C)CCC(=O)Nc1cc(F)ccc1F. The lowest BCUT2D eigenvalue weighted by atomic mass is 10.1. The van der Waals surface area contributed by atoms with Gasteiger partial charge in [0.1, 0.15) is 11.6 Å². The van der Waals surface area contributed by atoms with Crippen molar-refractivity contribution in [3.8, 4) is 0 Å². The van der Waals surface area contributed by atoms with Gasteiger partial charge in [-0.3, -0.25) is 9.89 Å². The number of carbonyl (C=O) groups excluding carboxylic acids is 1. The summed E-state index contributed by atoms with van der Waals surface area (Å²) in [5.41, 5.74) is 3.10. The zero-order chi connectivity index (χ0) is 17.7. The van der Waals surface area contributed by atoms with Crippen molar-refractivity contribution in [3.63, 3.8) is 0 Å². The van der Waals surface area contributed by atoms with Crippen LogP contribution in [-0.4, -0.2) is 41.1 Å². The zero-order valence-corrected chi connectivity index (χ0v) is 14.1. The van der Waals surface area contributed by atoms with Gasteiger partial charge in [-0.2, -0.15) is 5.10 Å². The van der Waals surface area contributed by atoms with E-state index >= 15 is 0 Å². The van der Waals surface area contributed by atoms with Gasteiger partial charge in [0.25, 0.3) is 0 Å². The molecule has 0 aliphatic heterocycles. The number of H-pyrrole nitrogens is 1. The number of benzene rings is 1. The first kappa shape index (κ1) is 18.1. The summed E-state index contributed by atoms with van der Waals surface area (Å²) in [6, 6.07) is 2.98. The van der Waals surface area contributed by atoms with Crippen LogP contribution in [0.15, 0.2) is 18.2 Å². The van der Waals surface area contributed by atoms with Crippen molar-refractivity contribution >= 4 is 11.6 Å². The molecule has 24 heavy (non-hydrogen) atoms. The van der Waals surface area contributed by atoms with Gasteiger partial charge in [0.15, 0.2) is 0 Å². The van der Waals surface area contributed by atoms with Crippen LogP contribution in [0.3, 0.4) is 0 Å². The summed E-state index contributed by atoms with van der Waals surface area (Å²) in [5.74, 6) is -1.58. The number of aryl methyl sites for hydroxylation is 2. The quantitative estimate of drug-likeness (QED) is 0.817. The fourth-order valence-electron chi connectivity index (χ4n) is 2.46. The van der Waals surface area contributed by atoms with E-state index in [4.69, 9.17) is 0 Å². The van der Waals surface area contributed by atoms with Crippen LogP contribution < -0.4 is 5.32 Å². The maximum Gasteiger partial charge on any atom is 0.225 e. The number of nitrogens with zero attached hydrogens (tertiary/aromatic N) is 2. The minimum atomic E-state index is -0.649. The second-order valence-electron chi connectivity index (χ2n) is 5.89. The molecule has 2 N–H and O–H groups in total. The molecule has 1 amide bonds. The summed E-state index contributed by atoms with van der Waals surface area (Å²) in [6.45, 7) is 5.25. The number of rotatable bonds is 7. The number of aromatic nitrogens is 2. The molecule has 2 aromatic rings. The van der Waals surface area contributed by atoms with Crippen molar-refractivity contribution in [1.29, 1.82) is 0 Å². The van der Waals surface area contributed by atoms with E-state index in [1.807, 2.05) is 25.8 Å². The predicted molar refractivity (Wildman–Crippen MR) is 88.9 cm³/mol. The molecule has 0 saturated heterocycles. The molecule has 0 bridgehead atoms. The summed E-state index contributed by atoms with van der Waals surface area (Å²) in [5, 5.41) is 9.50. The maximum absolute atomic E-state index is 13.5. The predicted octanol–water partition coefficient (Wildman–Crippen LogP) is 2.81. The minimum absolute atomic E-state index is 0.132. The summed E-state index contributed by atoms with van der Waals surface area (Å²) in [7, 11) is 1.92. The van der Waals surface area contributed by atoms with E-state index in [1.54, 1.807) is 0 Å². The summed E-state index contributed by atoms with van der Waals surface area (Å²) in [4.78, 5) is 13.9. The number of nitrogens with one attached hydrogen (secondary N) is 2. The fraction of sp³-hybridized carbons (Fsp3) is 0.412. The molecule has 1 aromatic heterocycles. The average Bonchev–Trinajstić information content (AvgIpc) is 2.85. The standard InChI is InChI=1S/C17H22F2N4O/c1-11-14(12(2)22-21-11)6-8-23(3)9-7-17(24)20-16-10-13(18)4-5-15(16)19/h4-5,10H,6-9H2,1-3H3,(H,20,24)(H,21,22). The van der Waals surface area contributed by atoms with E-state index in [0.29, 0.717) is 6.54 Å². The third-order valence-electron chi connectivity index (χ3n) is 3.95. The Morgan fingerprint density at radius 3 is 2.71 bits per heavy atom. The molecule has 0 unspecified atom stereocenters. The van der Waals surface area contributed by atoms with Gasteiger partial charge in [0.2, 0.25) is 5.91 Å². The van der Waals surface area contributed by atoms with E-state index in [9.17, 15) is 13.6 Å². The monoisotopic (exact) mass is 336 g/mol. The molecule has 0 aliphatic carbocycles. The highest BCUT2D eigenvalue weighted by atomic mass is 19.1. The van der Waals surface area contributed by atoms with Crippen molar-refractivity contribution < 1.29 is 13.6 Å². The van der Waals surface area contributed by atoms with Crippen LogP contribution in [0.25, 0.3) is 0 Å².